The van der Waals surface area contributed by atoms with Crippen molar-refractivity contribution in [3.8, 4) is 0 Å². The number of esters is 1. The van der Waals surface area contributed by atoms with Gasteiger partial charge in [-0.3, -0.25) is 0 Å². The minimum atomic E-state index is -0.271. The molecule has 21 heavy (non-hydrogen) atoms. The quantitative estimate of drug-likeness (QED) is 0.808. The molecule has 2 aromatic rings. The molecule has 0 aromatic carbocycles. The summed E-state index contributed by atoms with van der Waals surface area (Å²) in [6.07, 6.45) is 1.92. The van der Waals surface area contributed by atoms with Gasteiger partial charge >= 0.3 is 5.97 Å². The fraction of sp³-hybridized carbons (Fsp3) is 0.500. The molecule has 0 unspecified atom stereocenters. The first-order valence-electron chi connectivity index (χ1n) is 7.10. The zero-order valence-electron chi connectivity index (χ0n) is 13.3. The summed E-state index contributed by atoms with van der Waals surface area (Å²) in [5.74, 6) is -0.271. The van der Waals surface area contributed by atoms with E-state index in [0.29, 0.717) is 18.8 Å². The number of aryl methyl sites for hydroxylation is 1. The van der Waals surface area contributed by atoms with Gasteiger partial charge in [0.15, 0.2) is 0 Å². The molecule has 0 aliphatic carbocycles. The van der Waals surface area contributed by atoms with Crippen molar-refractivity contribution in [2.75, 3.05) is 6.61 Å². The Balaban J connectivity index is 2.24. The van der Waals surface area contributed by atoms with Gasteiger partial charge in [-0.2, -0.15) is 0 Å². The minimum Gasteiger partial charge on any atom is -0.461 e. The van der Waals surface area contributed by atoms with E-state index in [2.05, 4.69) is 31.1 Å². The Morgan fingerprint density at radius 3 is 2.71 bits per heavy atom. The van der Waals surface area contributed by atoms with Crippen LogP contribution in [0.1, 0.15) is 54.4 Å². The monoisotopic (exact) mass is 306 g/mol. The predicted octanol–water partition coefficient (Wildman–Crippen LogP) is 3.78. The van der Waals surface area contributed by atoms with E-state index < -0.39 is 0 Å². The standard InChI is InChI=1S/C16H22N2O2S/c1-6-20-15(19)14-11(2)7-8-18(14)9-13-17-12(10-21-13)16(3,4)5/h7-8,10H,6,9H2,1-5H3. The van der Waals surface area contributed by atoms with E-state index in [4.69, 9.17) is 4.74 Å². The highest BCUT2D eigenvalue weighted by Crippen LogP contribution is 2.25. The van der Waals surface area contributed by atoms with E-state index >= 15 is 0 Å². The fourth-order valence-electron chi connectivity index (χ4n) is 2.06. The van der Waals surface area contributed by atoms with Gasteiger partial charge in [0, 0.05) is 17.0 Å². The molecular weight excluding hydrogens is 284 g/mol. The molecule has 2 heterocycles. The molecule has 4 nitrogen and oxygen atoms in total. The van der Waals surface area contributed by atoms with Gasteiger partial charge in [-0.05, 0) is 25.5 Å². The third-order valence-electron chi connectivity index (χ3n) is 3.26. The van der Waals surface area contributed by atoms with Crippen LogP contribution in [0.15, 0.2) is 17.6 Å². The van der Waals surface area contributed by atoms with Crippen LogP contribution in [0.5, 0.6) is 0 Å². The van der Waals surface area contributed by atoms with Crippen LogP contribution in [-0.2, 0) is 16.7 Å². The van der Waals surface area contributed by atoms with Crippen molar-refractivity contribution in [1.82, 2.24) is 9.55 Å². The lowest BCUT2D eigenvalue weighted by Crippen LogP contribution is -2.14. The molecule has 0 N–H and O–H groups in total. The van der Waals surface area contributed by atoms with Gasteiger partial charge in [-0.15, -0.1) is 11.3 Å². The van der Waals surface area contributed by atoms with E-state index in [1.807, 2.05) is 30.7 Å². The van der Waals surface area contributed by atoms with Gasteiger partial charge in [0.25, 0.3) is 0 Å². The number of carbonyl (C=O) groups excluding carboxylic acids is 1. The van der Waals surface area contributed by atoms with Crippen molar-refractivity contribution in [3.05, 3.63) is 39.6 Å². The number of nitrogens with zero attached hydrogens (tertiary/aromatic N) is 2. The summed E-state index contributed by atoms with van der Waals surface area (Å²) in [5.41, 5.74) is 2.68. The molecule has 0 aliphatic rings. The maximum Gasteiger partial charge on any atom is 0.355 e. The lowest BCUT2D eigenvalue weighted by Gasteiger charge is -2.14. The van der Waals surface area contributed by atoms with Crippen molar-refractivity contribution in [1.29, 1.82) is 0 Å². The average molecular weight is 306 g/mol. The summed E-state index contributed by atoms with van der Waals surface area (Å²) in [7, 11) is 0. The van der Waals surface area contributed by atoms with Crippen LogP contribution < -0.4 is 0 Å². The molecular formula is C16H22N2O2S. The second-order valence-corrected chi connectivity index (χ2v) is 7.01. The first kappa shape index (κ1) is 15.8. The maximum atomic E-state index is 12.0. The number of carbonyl (C=O) groups is 1. The van der Waals surface area contributed by atoms with Crippen LogP contribution in [-0.4, -0.2) is 22.1 Å². The zero-order chi connectivity index (χ0) is 15.6. The molecule has 0 aliphatic heterocycles. The summed E-state index contributed by atoms with van der Waals surface area (Å²) >= 11 is 1.63. The number of aromatic nitrogens is 2. The first-order valence-corrected chi connectivity index (χ1v) is 7.98. The number of ether oxygens (including phenoxy) is 1. The lowest BCUT2D eigenvalue weighted by molar-refractivity contribution is 0.0513. The smallest absolute Gasteiger partial charge is 0.355 e. The largest absolute Gasteiger partial charge is 0.461 e. The Kier molecular flexibility index (Phi) is 4.52. The van der Waals surface area contributed by atoms with Gasteiger partial charge in [0.05, 0.1) is 18.8 Å². The van der Waals surface area contributed by atoms with Gasteiger partial charge < -0.3 is 9.30 Å². The molecule has 0 fully saturated rings. The molecule has 0 saturated carbocycles. The molecule has 114 valence electrons. The molecule has 0 bridgehead atoms. The Hall–Kier alpha value is -1.62. The topological polar surface area (TPSA) is 44.1 Å². The van der Waals surface area contributed by atoms with Crippen LogP contribution in [0.25, 0.3) is 0 Å². The summed E-state index contributed by atoms with van der Waals surface area (Å²) < 4.78 is 7.04. The predicted molar refractivity (Wildman–Crippen MR) is 85.0 cm³/mol. The van der Waals surface area contributed by atoms with Crippen LogP contribution in [0.2, 0.25) is 0 Å². The second kappa shape index (κ2) is 6.02. The lowest BCUT2D eigenvalue weighted by atomic mass is 9.93. The summed E-state index contributed by atoms with van der Waals surface area (Å²) in [6.45, 7) is 11.2. The van der Waals surface area contributed by atoms with Crippen molar-refractivity contribution in [2.45, 2.75) is 46.6 Å². The molecule has 0 radical (unpaired) electrons. The maximum absolute atomic E-state index is 12.0. The van der Waals surface area contributed by atoms with Gasteiger partial charge in [0.2, 0.25) is 0 Å². The zero-order valence-corrected chi connectivity index (χ0v) is 14.1. The normalized spacial score (nSPS) is 11.7. The third-order valence-corrected chi connectivity index (χ3v) is 4.09. The summed E-state index contributed by atoms with van der Waals surface area (Å²) in [6, 6.07) is 1.94. The third kappa shape index (κ3) is 3.53. The van der Waals surface area contributed by atoms with Crippen molar-refractivity contribution in [3.63, 3.8) is 0 Å². The molecule has 0 saturated heterocycles. The number of thiazole rings is 1. The van der Waals surface area contributed by atoms with E-state index in [1.165, 1.54) is 0 Å². The minimum absolute atomic E-state index is 0.0470. The average Bonchev–Trinajstić information content (AvgIpc) is 2.97. The first-order chi connectivity index (χ1) is 9.82. The molecule has 0 amide bonds. The fourth-order valence-corrected chi connectivity index (χ4v) is 3.08. The Morgan fingerprint density at radius 1 is 1.43 bits per heavy atom. The van der Waals surface area contributed by atoms with Gasteiger partial charge in [-0.1, -0.05) is 20.8 Å². The molecule has 5 heteroatoms. The van der Waals surface area contributed by atoms with Crippen molar-refractivity contribution in [2.24, 2.45) is 0 Å². The van der Waals surface area contributed by atoms with Crippen molar-refractivity contribution < 1.29 is 9.53 Å². The van der Waals surface area contributed by atoms with E-state index in [-0.39, 0.29) is 11.4 Å². The summed E-state index contributed by atoms with van der Waals surface area (Å²) in [4.78, 5) is 16.7. The molecule has 2 aromatic heterocycles. The summed E-state index contributed by atoms with van der Waals surface area (Å²) in [5, 5.41) is 3.09. The van der Waals surface area contributed by atoms with E-state index in [1.54, 1.807) is 11.3 Å². The Labute approximate surface area is 129 Å². The molecule has 2 rings (SSSR count). The Bertz CT molecular complexity index is 635. The number of rotatable bonds is 4. The van der Waals surface area contributed by atoms with Crippen LogP contribution in [0, 0.1) is 6.92 Å². The second-order valence-electron chi connectivity index (χ2n) is 6.07. The van der Waals surface area contributed by atoms with Gasteiger partial charge in [0.1, 0.15) is 10.7 Å². The SMILES string of the molecule is CCOC(=O)c1c(C)ccn1Cc1nc(C(C)(C)C)cs1. The highest BCUT2D eigenvalue weighted by atomic mass is 32.1. The van der Waals surface area contributed by atoms with Crippen LogP contribution in [0.3, 0.4) is 0 Å². The van der Waals surface area contributed by atoms with Crippen molar-refractivity contribution >= 4 is 17.3 Å². The Morgan fingerprint density at radius 2 is 2.14 bits per heavy atom. The van der Waals surface area contributed by atoms with Crippen LogP contribution >= 0.6 is 11.3 Å². The van der Waals surface area contributed by atoms with E-state index in [9.17, 15) is 4.79 Å². The molecule has 0 spiro atoms. The highest BCUT2D eigenvalue weighted by molar-refractivity contribution is 7.09. The van der Waals surface area contributed by atoms with Crippen LogP contribution in [0.4, 0.5) is 0 Å². The number of hydrogen-bond acceptors (Lipinski definition) is 4. The highest BCUT2D eigenvalue weighted by Gasteiger charge is 2.19. The number of hydrogen-bond donors (Lipinski definition) is 0. The van der Waals surface area contributed by atoms with E-state index in [0.717, 1.165) is 16.3 Å². The molecule has 0 atom stereocenters. The van der Waals surface area contributed by atoms with Gasteiger partial charge in [-0.25, -0.2) is 9.78 Å².